The molecule has 2 aliphatic heterocycles. The van der Waals surface area contributed by atoms with Crippen molar-refractivity contribution in [3.05, 3.63) is 70.2 Å². The predicted octanol–water partition coefficient (Wildman–Crippen LogP) is 6.36. The van der Waals surface area contributed by atoms with Crippen molar-refractivity contribution in [2.24, 2.45) is 23.2 Å². The lowest BCUT2D eigenvalue weighted by atomic mass is 9.44. The van der Waals surface area contributed by atoms with Gasteiger partial charge in [0.05, 0.1) is 11.0 Å². The minimum absolute atomic E-state index is 0.115. The van der Waals surface area contributed by atoms with Crippen LogP contribution in [0.15, 0.2) is 64.7 Å². The zero-order valence-corrected chi connectivity index (χ0v) is 20.4. The number of hydrogen-bond acceptors (Lipinski definition) is 5. The highest BCUT2D eigenvalue weighted by atomic mass is 16.5. The van der Waals surface area contributed by atoms with E-state index in [0.717, 1.165) is 85.2 Å². The van der Waals surface area contributed by atoms with E-state index in [2.05, 4.69) is 26.0 Å². The SMILES string of the molecule is CCC/C=C1\OC(=O)C2=C1CC[C@H]1[C@H]3CC[C@]4(C(=C3c3cccc(O)c3)C(=O)O/C4=C\CCC)[C@@H]21. The summed E-state index contributed by atoms with van der Waals surface area (Å²) in [6.07, 6.45) is 11.3. The van der Waals surface area contributed by atoms with Crippen molar-refractivity contribution in [2.45, 2.75) is 65.2 Å². The van der Waals surface area contributed by atoms with Crippen molar-refractivity contribution < 1.29 is 24.2 Å². The van der Waals surface area contributed by atoms with Crippen LogP contribution in [0.1, 0.15) is 70.8 Å². The van der Waals surface area contributed by atoms with E-state index < -0.39 is 5.41 Å². The molecular formula is C30H32O5. The van der Waals surface area contributed by atoms with Gasteiger partial charge in [0.2, 0.25) is 0 Å². The maximum absolute atomic E-state index is 13.6. The summed E-state index contributed by atoms with van der Waals surface area (Å²) in [4.78, 5) is 26.9. The first-order valence-electron chi connectivity index (χ1n) is 13.1. The third kappa shape index (κ3) is 3.06. The van der Waals surface area contributed by atoms with Crippen molar-refractivity contribution in [2.75, 3.05) is 0 Å². The van der Waals surface area contributed by atoms with Crippen LogP contribution < -0.4 is 0 Å². The number of rotatable bonds is 5. The van der Waals surface area contributed by atoms with Crippen LogP contribution in [-0.4, -0.2) is 17.0 Å². The molecule has 2 fully saturated rings. The van der Waals surface area contributed by atoms with Crippen LogP contribution in [0.2, 0.25) is 0 Å². The van der Waals surface area contributed by atoms with Gasteiger partial charge in [-0.1, -0.05) is 38.8 Å². The average Bonchev–Trinajstić information content (AvgIpc) is 3.35. The number of unbranched alkanes of at least 4 members (excludes halogenated alkanes) is 2. The summed E-state index contributed by atoms with van der Waals surface area (Å²) in [5, 5.41) is 10.3. The lowest BCUT2D eigenvalue weighted by molar-refractivity contribution is -0.135. The maximum Gasteiger partial charge on any atom is 0.340 e. The van der Waals surface area contributed by atoms with Gasteiger partial charge in [-0.25, -0.2) is 9.59 Å². The summed E-state index contributed by atoms with van der Waals surface area (Å²) in [6, 6.07) is 7.23. The normalized spacial score (nSPS) is 33.3. The first-order chi connectivity index (χ1) is 17.0. The third-order valence-electron chi connectivity index (χ3n) is 8.74. The minimum atomic E-state index is -0.646. The van der Waals surface area contributed by atoms with E-state index >= 15 is 0 Å². The molecule has 1 N–H and O–H groups in total. The summed E-state index contributed by atoms with van der Waals surface area (Å²) >= 11 is 0. The molecule has 35 heavy (non-hydrogen) atoms. The molecule has 1 aromatic rings. The number of ether oxygens (including phenoxy) is 2. The van der Waals surface area contributed by atoms with Gasteiger partial charge in [0.1, 0.15) is 17.3 Å². The number of carbonyl (C=O) groups excluding carboxylic acids is 2. The molecule has 1 saturated carbocycles. The Kier molecular flexibility index (Phi) is 5.28. The van der Waals surface area contributed by atoms with E-state index in [1.807, 2.05) is 12.1 Å². The highest BCUT2D eigenvalue weighted by molar-refractivity contribution is 6.06. The molecule has 4 atom stereocenters. The van der Waals surface area contributed by atoms with Gasteiger partial charge in [-0.2, -0.15) is 0 Å². The summed E-state index contributed by atoms with van der Waals surface area (Å²) in [5.74, 6) is 1.35. The number of carbonyl (C=O) groups is 2. The van der Waals surface area contributed by atoms with Gasteiger partial charge in [-0.05, 0) is 85.8 Å². The molecule has 4 aliphatic carbocycles. The smallest absolute Gasteiger partial charge is 0.340 e. The van der Waals surface area contributed by atoms with Crippen molar-refractivity contribution in [1.29, 1.82) is 0 Å². The van der Waals surface area contributed by atoms with Crippen LogP contribution in [0.25, 0.3) is 5.57 Å². The second kappa shape index (κ2) is 8.25. The molecule has 0 amide bonds. The number of benzene rings is 1. The Morgan fingerprint density at radius 2 is 1.83 bits per heavy atom. The lowest BCUT2D eigenvalue weighted by Gasteiger charge is -2.56. The zero-order chi connectivity index (χ0) is 24.3. The molecular weight excluding hydrogens is 440 g/mol. The fourth-order valence-corrected chi connectivity index (χ4v) is 7.50. The largest absolute Gasteiger partial charge is 0.508 e. The molecule has 0 aromatic heterocycles. The lowest BCUT2D eigenvalue weighted by Crippen LogP contribution is -2.52. The van der Waals surface area contributed by atoms with Gasteiger partial charge in [-0.3, -0.25) is 0 Å². The Labute approximate surface area is 206 Å². The van der Waals surface area contributed by atoms with Gasteiger partial charge in [0.15, 0.2) is 0 Å². The Hall–Kier alpha value is -3.08. The molecule has 7 rings (SSSR count). The van der Waals surface area contributed by atoms with Gasteiger partial charge < -0.3 is 14.6 Å². The molecule has 5 nitrogen and oxygen atoms in total. The van der Waals surface area contributed by atoms with Gasteiger partial charge in [-0.15, -0.1) is 0 Å². The topological polar surface area (TPSA) is 72.8 Å². The van der Waals surface area contributed by atoms with Crippen molar-refractivity contribution in [1.82, 2.24) is 0 Å². The van der Waals surface area contributed by atoms with Crippen LogP contribution in [0.5, 0.6) is 5.75 Å². The molecule has 2 heterocycles. The molecule has 6 aliphatic rings. The number of cyclic esters (lactones) is 2. The summed E-state index contributed by atoms with van der Waals surface area (Å²) in [5.41, 5.74) is 3.78. The van der Waals surface area contributed by atoms with Gasteiger partial charge in [0, 0.05) is 17.1 Å². The highest BCUT2D eigenvalue weighted by Crippen LogP contribution is 2.71. The second-order valence-corrected chi connectivity index (χ2v) is 10.5. The molecule has 5 heteroatoms. The van der Waals surface area contributed by atoms with Crippen LogP contribution in [0, 0.1) is 23.2 Å². The summed E-state index contributed by atoms with van der Waals surface area (Å²) in [7, 11) is 0. The molecule has 1 aromatic carbocycles. The highest BCUT2D eigenvalue weighted by Gasteiger charge is 2.68. The first-order valence-corrected chi connectivity index (χ1v) is 13.1. The average molecular weight is 473 g/mol. The fraction of sp³-hybridized carbons (Fsp3) is 0.467. The molecule has 1 spiro atoms. The fourth-order valence-electron chi connectivity index (χ4n) is 7.50. The van der Waals surface area contributed by atoms with Crippen molar-refractivity contribution in [3.8, 4) is 5.75 Å². The van der Waals surface area contributed by atoms with Crippen LogP contribution >= 0.6 is 0 Å². The van der Waals surface area contributed by atoms with Crippen LogP contribution in [0.3, 0.4) is 0 Å². The van der Waals surface area contributed by atoms with E-state index in [9.17, 15) is 14.7 Å². The number of allylic oxidation sites excluding steroid dienone is 5. The van der Waals surface area contributed by atoms with Crippen molar-refractivity contribution in [3.63, 3.8) is 0 Å². The standard InChI is InChI=1S/C30H32O5/c1-3-5-10-22-21-13-12-20-19-14-15-30(26(20)25(21)28(32)34-22)23(11-6-4-2)35-29(33)27(30)24(19)17-8-7-9-18(31)16-17/h7-11,16,19-20,26,31H,3-6,12-15H2,1-2H3/b22-10-,23-11-/t19-,20+,26-,30-/m1/s1. The molecule has 182 valence electrons. The van der Waals surface area contributed by atoms with Gasteiger partial charge in [0.25, 0.3) is 0 Å². The van der Waals surface area contributed by atoms with Gasteiger partial charge >= 0.3 is 11.9 Å². The quantitative estimate of drug-likeness (QED) is 0.505. The third-order valence-corrected chi connectivity index (χ3v) is 8.74. The number of esters is 2. The van der Waals surface area contributed by atoms with E-state index in [0.29, 0.717) is 5.57 Å². The van der Waals surface area contributed by atoms with E-state index in [4.69, 9.17) is 9.47 Å². The first kappa shape index (κ1) is 22.4. The number of fused-ring (bicyclic) bond motifs is 1. The Balaban J connectivity index is 1.61. The predicted molar refractivity (Wildman–Crippen MR) is 132 cm³/mol. The Morgan fingerprint density at radius 3 is 2.60 bits per heavy atom. The van der Waals surface area contributed by atoms with E-state index in [1.54, 1.807) is 12.1 Å². The number of hydrogen-bond donors (Lipinski definition) is 1. The van der Waals surface area contributed by atoms with E-state index in [-0.39, 0.29) is 35.4 Å². The number of aromatic hydroxyl groups is 1. The molecule has 2 bridgehead atoms. The summed E-state index contributed by atoms with van der Waals surface area (Å²) in [6.45, 7) is 4.23. The molecule has 1 saturated heterocycles. The summed E-state index contributed by atoms with van der Waals surface area (Å²) < 4.78 is 11.9. The van der Waals surface area contributed by atoms with Crippen LogP contribution in [-0.2, 0) is 19.1 Å². The Morgan fingerprint density at radius 1 is 1.03 bits per heavy atom. The number of phenols is 1. The monoisotopic (exact) mass is 472 g/mol. The maximum atomic E-state index is 13.6. The van der Waals surface area contributed by atoms with Crippen molar-refractivity contribution >= 4 is 17.5 Å². The molecule has 0 radical (unpaired) electrons. The minimum Gasteiger partial charge on any atom is -0.508 e. The zero-order valence-electron chi connectivity index (χ0n) is 20.4. The second-order valence-electron chi connectivity index (χ2n) is 10.5. The molecule has 0 unspecified atom stereocenters. The number of phenolic OH excluding ortho intramolecular Hbond substituents is 1. The van der Waals surface area contributed by atoms with E-state index in [1.165, 1.54) is 0 Å². The Bertz CT molecular complexity index is 1240. The van der Waals surface area contributed by atoms with Crippen LogP contribution in [0.4, 0.5) is 0 Å².